The number of nitrogens with zero attached hydrogens (tertiary/aromatic N) is 4. The molecule has 2 aliphatic heterocycles. The van der Waals surface area contributed by atoms with Crippen LogP contribution >= 0.6 is 0 Å². The molecule has 3 rings (SSSR count). The van der Waals surface area contributed by atoms with Crippen LogP contribution in [0.4, 0.5) is 5.95 Å². The van der Waals surface area contributed by atoms with Crippen LogP contribution in [0.5, 0.6) is 0 Å². The van der Waals surface area contributed by atoms with Gasteiger partial charge in [-0.05, 0) is 13.5 Å². The Kier molecular flexibility index (Phi) is 1.70. The number of hydrogen-bond acceptors (Lipinski definition) is 4. The minimum atomic E-state index is 0.922. The third kappa shape index (κ3) is 1.18. The highest BCUT2D eigenvalue weighted by Gasteiger charge is 2.22. The summed E-state index contributed by atoms with van der Waals surface area (Å²) in [5, 5.41) is 0. The molecular formula is C10H14N4. The molecule has 0 atom stereocenters. The van der Waals surface area contributed by atoms with E-state index in [1.54, 1.807) is 0 Å². The molecule has 0 bridgehead atoms. The van der Waals surface area contributed by atoms with Gasteiger partial charge >= 0.3 is 0 Å². The Morgan fingerprint density at radius 1 is 1.29 bits per heavy atom. The zero-order valence-electron chi connectivity index (χ0n) is 8.40. The molecule has 2 aliphatic rings. The second-order valence-corrected chi connectivity index (χ2v) is 4.15. The highest BCUT2D eigenvalue weighted by molar-refractivity contribution is 5.36. The summed E-state index contributed by atoms with van der Waals surface area (Å²) in [7, 11) is 2.12. The van der Waals surface area contributed by atoms with Gasteiger partial charge in [0.25, 0.3) is 0 Å². The molecule has 14 heavy (non-hydrogen) atoms. The highest BCUT2D eigenvalue weighted by atomic mass is 15.3. The number of fused-ring (bicyclic) bond motifs is 1. The van der Waals surface area contributed by atoms with Crippen LogP contribution in [0.15, 0.2) is 6.20 Å². The molecule has 1 aromatic rings. The van der Waals surface area contributed by atoms with Crippen molar-refractivity contribution in [2.75, 3.05) is 25.0 Å². The minimum absolute atomic E-state index is 0.922. The van der Waals surface area contributed by atoms with Gasteiger partial charge in [0.15, 0.2) is 0 Å². The SMILES string of the molecule is CN1Cc2cnc(N3CCC3)nc2C1. The van der Waals surface area contributed by atoms with Crippen LogP contribution in [0, 0.1) is 0 Å². The molecule has 1 saturated heterocycles. The molecule has 74 valence electrons. The minimum Gasteiger partial charge on any atom is -0.341 e. The fourth-order valence-electron chi connectivity index (χ4n) is 1.97. The van der Waals surface area contributed by atoms with Crippen molar-refractivity contribution < 1.29 is 0 Å². The third-order valence-electron chi connectivity index (χ3n) is 2.94. The van der Waals surface area contributed by atoms with Crippen LogP contribution in [0.3, 0.4) is 0 Å². The summed E-state index contributed by atoms with van der Waals surface area (Å²) in [6.07, 6.45) is 3.26. The van der Waals surface area contributed by atoms with E-state index < -0.39 is 0 Å². The Morgan fingerprint density at radius 3 is 2.86 bits per heavy atom. The van der Waals surface area contributed by atoms with Crippen molar-refractivity contribution in [2.24, 2.45) is 0 Å². The molecule has 0 amide bonds. The Bertz CT molecular complexity index is 359. The number of anilines is 1. The van der Waals surface area contributed by atoms with Crippen molar-refractivity contribution in [2.45, 2.75) is 19.5 Å². The van der Waals surface area contributed by atoms with Crippen molar-refractivity contribution in [3.8, 4) is 0 Å². The van der Waals surface area contributed by atoms with Crippen LogP contribution in [-0.2, 0) is 13.1 Å². The number of aromatic nitrogens is 2. The standard InChI is InChI=1S/C10H14N4/c1-13-6-8-5-11-10(12-9(8)7-13)14-3-2-4-14/h5H,2-4,6-7H2,1H3. The summed E-state index contributed by atoms with van der Waals surface area (Å²) in [4.78, 5) is 13.5. The fraction of sp³-hybridized carbons (Fsp3) is 0.600. The van der Waals surface area contributed by atoms with Gasteiger partial charge in [0, 0.05) is 37.9 Å². The average Bonchev–Trinajstić information content (AvgIpc) is 2.40. The lowest BCUT2D eigenvalue weighted by Crippen LogP contribution is -2.38. The third-order valence-corrected chi connectivity index (χ3v) is 2.94. The smallest absolute Gasteiger partial charge is 0.225 e. The summed E-state index contributed by atoms with van der Waals surface area (Å²) in [6.45, 7) is 4.21. The van der Waals surface area contributed by atoms with Crippen LogP contribution < -0.4 is 4.90 Å². The maximum Gasteiger partial charge on any atom is 0.225 e. The lowest BCUT2D eigenvalue weighted by Gasteiger charge is -2.30. The van der Waals surface area contributed by atoms with Crippen molar-refractivity contribution in [3.05, 3.63) is 17.5 Å². The zero-order valence-corrected chi connectivity index (χ0v) is 8.40. The molecule has 0 unspecified atom stereocenters. The molecule has 3 heterocycles. The van der Waals surface area contributed by atoms with E-state index in [1.165, 1.54) is 17.7 Å². The maximum absolute atomic E-state index is 4.60. The van der Waals surface area contributed by atoms with E-state index in [2.05, 4.69) is 26.8 Å². The second-order valence-electron chi connectivity index (χ2n) is 4.15. The Labute approximate surface area is 83.6 Å². The predicted octanol–water partition coefficient (Wildman–Crippen LogP) is 0.632. The first-order valence-electron chi connectivity index (χ1n) is 5.11. The normalized spacial score (nSPS) is 20.8. The zero-order chi connectivity index (χ0) is 9.54. The molecule has 0 radical (unpaired) electrons. The second kappa shape index (κ2) is 2.92. The summed E-state index contributed by atoms with van der Waals surface area (Å²) < 4.78 is 0. The average molecular weight is 190 g/mol. The highest BCUT2D eigenvalue weighted by Crippen LogP contribution is 2.22. The number of hydrogen-bond donors (Lipinski definition) is 0. The van der Waals surface area contributed by atoms with Crippen LogP contribution in [-0.4, -0.2) is 35.0 Å². The molecule has 4 heteroatoms. The molecular weight excluding hydrogens is 176 g/mol. The van der Waals surface area contributed by atoms with Gasteiger partial charge in [-0.3, -0.25) is 4.90 Å². The quantitative estimate of drug-likeness (QED) is 0.650. The topological polar surface area (TPSA) is 32.3 Å². The maximum atomic E-state index is 4.60. The first-order chi connectivity index (χ1) is 6.83. The van der Waals surface area contributed by atoms with Crippen molar-refractivity contribution in [3.63, 3.8) is 0 Å². The first kappa shape index (κ1) is 8.17. The molecule has 0 saturated carbocycles. The molecule has 0 spiro atoms. The van der Waals surface area contributed by atoms with E-state index in [9.17, 15) is 0 Å². The van der Waals surface area contributed by atoms with Crippen molar-refractivity contribution in [1.82, 2.24) is 14.9 Å². The van der Waals surface area contributed by atoms with Crippen LogP contribution in [0.25, 0.3) is 0 Å². The summed E-state index contributed by atoms with van der Waals surface area (Å²) >= 11 is 0. The molecule has 0 aliphatic carbocycles. The summed E-state index contributed by atoms with van der Waals surface area (Å²) in [5.41, 5.74) is 2.50. The van der Waals surface area contributed by atoms with Crippen LogP contribution in [0.2, 0.25) is 0 Å². The Hall–Kier alpha value is -1.16. The summed E-state index contributed by atoms with van der Waals surface area (Å²) in [5.74, 6) is 0.922. The largest absolute Gasteiger partial charge is 0.341 e. The van der Waals surface area contributed by atoms with Gasteiger partial charge in [0.05, 0.1) is 5.69 Å². The van der Waals surface area contributed by atoms with E-state index in [4.69, 9.17) is 0 Å². The van der Waals surface area contributed by atoms with E-state index >= 15 is 0 Å². The first-order valence-corrected chi connectivity index (χ1v) is 5.11. The van der Waals surface area contributed by atoms with E-state index in [1.807, 2.05) is 6.20 Å². The van der Waals surface area contributed by atoms with Gasteiger partial charge in [-0.1, -0.05) is 0 Å². The number of rotatable bonds is 1. The van der Waals surface area contributed by atoms with Gasteiger partial charge in [-0.2, -0.15) is 0 Å². The predicted molar refractivity (Wildman–Crippen MR) is 54.0 cm³/mol. The van der Waals surface area contributed by atoms with Gasteiger partial charge in [0.1, 0.15) is 0 Å². The fourth-order valence-corrected chi connectivity index (χ4v) is 1.97. The Morgan fingerprint density at radius 2 is 2.14 bits per heavy atom. The summed E-state index contributed by atoms with van der Waals surface area (Å²) in [6, 6.07) is 0. The molecule has 0 N–H and O–H groups in total. The lowest BCUT2D eigenvalue weighted by molar-refractivity contribution is 0.351. The Balaban J connectivity index is 1.91. The molecule has 1 aromatic heterocycles. The van der Waals surface area contributed by atoms with E-state index in [-0.39, 0.29) is 0 Å². The van der Waals surface area contributed by atoms with Crippen molar-refractivity contribution >= 4 is 5.95 Å². The molecule has 4 nitrogen and oxygen atoms in total. The monoisotopic (exact) mass is 190 g/mol. The molecule has 0 aromatic carbocycles. The van der Waals surface area contributed by atoms with E-state index in [0.717, 1.165) is 32.1 Å². The van der Waals surface area contributed by atoms with Gasteiger partial charge < -0.3 is 4.90 Å². The van der Waals surface area contributed by atoms with Gasteiger partial charge in [-0.25, -0.2) is 9.97 Å². The van der Waals surface area contributed by atoms with E-state index in [0.29, 0.717) is 0 Å². The van der Waals surface area contributed by atoms with Crippen molar-refractivity contribution in [1.29, 1.82) is 0 Å². The molecule has 1 fully saturated rings. The lowest BCUT2D eigenvalue weighted by atomic mass is 10.2. The van der Waals surface area contributed by atoms with Gasteiger partial charge in [-0.15, -0.1) is 0 Å². The van der Waals surface area contributed by atoms with Crippen LogP contribution in [0.1, 0.15) is 17.7 Å². The van der Waals surface area contributed by atoms with Gasteiger partial charge in [0.2, 0.25) is 5.95 Å².